The number of nitrogens with zero attached hydrogens (tertiary/aromatic N) is 1. The first-order valence-electron chi connectivity index (χ1n) is 6.19. The molecule has 20 heavy (non-hydrogen) atoms. The number of carbonyl (C=O) groups excluding carboxylic acids is 2. The highest BCUT2D eigenvalue weighted by molar-refractivity contribution is 6.04. The Morgan fingerprint density at radius 3 is 2.60 bits per heavy atom. The summed E-state index contributed by atoms with van der Waals surface area (Å²) in [5.74, 6) is -0.666. The molecular formula is C15H14N2O3. The summed E-state index contributed by atoms with van der Waals surface area (Å²) >= 11 is 0. The third-order valence-corrected chi connectivity index (χ3v) is 2.57. The third kappa shape index (κ3) is 3.41. The Balaban J connectivity index is 2.12. The number of amides is 1. The zero-order valence-corrected chi connectivity index (χ0v) is 11.0. The largest absolute Gasteiger partial charge is 0.462 e. The Labute approximate surface area is 116 Å². The van der Waals surface area contributed by atoms with Crippen LogP contribution in [0.1, 0.15) is 27.6 Å². The van der Waals surface area contributed by atoms with Gasteiger partial charge in [0.05, 0.1) is 12.2 Å². The highest BCUT2D eigenvalue weighted by Crippen LogP contribution is 2.13. The van der Waals surface area contributed by atoms with Crippen LogP contribution in [0.3, 0.4) is 0 Å². The number of ether oxygens (including phenoxy) is 1. The Morgan fingerprint density at radius 2 is 1.90 bits per heavy atom. The number of benzene rings is 1. The summed E-state index contributed by atoms with van der Waals surface area (Å²) in [6, 6.07) is 9.85. The molecule has 1 N–H and O–H groups in total. The Bertz CT molecular complexity index is 612. The van der Waals surface area contributed by atoms with Gasteiger partial charge < -0.3 is 10.1 Å². The first-order chi connectivity index (χ1) is 9.70. The third-order valence-electron chi connectivity index (χ3n) is 2.57. The van der Waals surface area contributed by atoms with Crippen molar-refractivity contribution < 1.29 is 14.3 Å². The number of hydrogen-bond donors (Lipinski definition) is 1. The van der Waals surface area contributed by atoms with Crippen molar-refractivity contribution in [3.05, 3.63) is 59.9 Å². The van der Waals surface area contributed by atoms with E-state index in [1.165, 1.54) is 0 Å². The number of pyridine rings is 1. The van der Waals surface area contributed by atoms with Gasteiger partial charge in [-0.15, -0.1) is 0 Å². The van der Waals surface area contributed by atoms with Crippen LogP contribution in [-0.2, 0) is 4.74 Å². The minimum atomic E-state index is -0.410. The van der Waals surface area contributed by atoms with Crippen molar-refractivity contribution in [2.45, 2.75) is 6.92 Å². The first kappa shape index (κ1) is 13.7. The number of anilines is 1. The number of nitrogens with one attached hydrogen (secondary N) is 1. The van der Waals surface area contributed by atoms with Crippen LogP contribution < -0.4 is 5.32 Å². The van der Waals surface area contributed by atoms with Crippen molar-refractivity contribution in [3.63, 3.8) is 0 Å². The molecule has 0 fully saturated rings. The van der Waals surface area contributed by atoms with Crippen molar-refractivity contribution in [3.8, 4) is 0 Å². The average Bonchev–Trinajstić information content (AvgIpc) is 2.48. The lowest BCUT2D eigenvalue weighted by atomic mass is 10.2. The van der Waals surface area contributed by atoms with Crippen LogP contribution in [0.4, 0.5) is 5.69 Å². The quantitative estimate of drug-likeness (QED) is 0.867. The molecule has 0 unspecified atom stereocenters. The van der Waals surface area contributed by atoms with Crippen LogP contribution in [0.15, 0.2) is 48.8 Å². The molecule has 0 aliphatic heterocycles. The van der Waals surface area contributed by atoms with E-state index in [0.29, 0.717) is 23.4 Å². The van der Waals surface area contributed by atoms with E-state index >= 15 is 0 Å². The van der Waals surface area contributed by atoms with Gasteiger partial charge in [-0.2, -0.15) is 0 Å². The maximum absolute atomic E-state index is 12.0. The van der Waals surface area contributed by atoms with Crippen LogP contribution >= 0.6 is 0 Å². The Kier molecular flexibility index (Phi) is 4.44. The summed E-state index contributed by atoms with van der Waals surface area (Å²) in [5.41, 5.74) is 1.44. The lowest BCUT2D eigenvalue weighted by Crippen LogP contribution is -2.12. The predicted molar refractivity (Wildman–Crippen MR) is 74.6 cm³/mol. The molecule has 1 aromatic carbocycles. The van der Waals surface area contributed by atoms with E-state index in [-0.39, 0.29) is 5.91 Å². The van der Waals surface area contributed by atoms with Crippen LogP contribution in [0, 0.1) is 0 Å². The second-order valence-electron chi connectivity index (χ2n) is 3.99. The van der Waals surface area contributed by atoms with E-state index in [1.54, 1.807) is 55.7 Å². The number of rotatable bonds is 4. The molecule has 0 saturated heterocycles. The number of esters is 1. The highest BCUT2D eigenvalue weighted by atomic mass is 16.5. The van der Waals surface area contributed by atoms with Crippen LogP contribution in [0.5, 0.6) is 0 Å². The summed E-state index contributed by atoms with van der Waals surface area (Å²) in [6.45, 7) is 2.05. The Hall–Kier alpha value is -2.69. The minimum Gasteiger partial charge on any atom is -0.462 e. The van der Waals surface area contributed by atoms with Crippen molar-refractivity contribution in [1.82, 2.24) is 4.98 Å². The average molecular weight is 270 g/mol. The molecule has 2 rings (SSSR count). The molecule has 5 heteroatoms. The van der Waals surface area contributed by atoms with Crippen LogP contribution in [0.2, 0.25) is 0 Å². The molecule has 0 radical (unpaired) electrons. The topological polar surface area (TPSA) is 68.3 Å². The fourth-order valence-corrected chi connectivity index (χ4v) is 1.64. The molecule has 1 amide bonds. The number of aromatic nitrogens is 1. The van der Waals surface area contributed by atoms with Crippen LogP contribution in [0.25, 0.3) is 0 Å². The highest BCUT2D eigenvalue weighted by Gasteiger charge is 2.09. The second kappa shape index (κ2) is 6.47. The maximum Gasteiger partial charge on any atom is 0.338 e. The standard InChI is InChI=1S/C15H14N2O3/c1-2-20-15(19)12-4-3-5-13(10-12)17-14(18)11-6-8-16-9-7-11/h3-10H,2H2,1H3,(H,17,18). The normalized spacial score (nSPS) is 9.85. The lowest BCUT2D eigenvalue weighted by molar-refractivity contribution is 0.0526. The SMILES string of the molecule is CCOC(=O)c1cccc(NC(=O)c2ccncc2)c1. The fraction of sp³-hybridized carbons (Fsp3) is 0.133. The Morgan fingerprint density at radius 1 is 1.15 bits per heavy atom. The lowest BCUT2D eigenvalue weighted by Gasteiger charge is -2.07. The first-order valence-corrected chi connectivity index (χ1v) is 6.19. The van der Waals surface area contributed by atoms with Gasteiger partial charge in [-0.1, -0.05) is 6.07 Å². The van der Waals surface area contributed by atoms with E-state index in [4.69, 9.17) is 4.74 Å². The molecule has 0 aliphatic rings. The van der Waals surface area contributed by atoms with Gasteiger partial charge >= 0.3 is 5.97 Å². The van der Waals surface area contributed by atoms with Gasteiger partial charge in [-0.05, 0) is 37.3 Å². The summed E-state index contributed by atoms with van der Waals surface area (Å²) in [5, 5.41) is 2.72. The van der Waals surface area contributed by atoms with Crippen molar-refractivity contribution in [1.29, 1.82) is 0 Å². The van der Waals surface area contributed by atoms with E-state index in [1.807, 2.05) is 0 Å². The molecule has 0 spiro atoms. The summed E-state index contributed by atoms with van der Waals surface area (Å²) in [4.78, 5) is 27.4. The molecule has 0 atom stereocenters. The smallest absolute Gasteiger partial charge is 0.338 e. The second-order valence-corrected chi connectivity index (χ2v) is 3.99. The molecule has 0 saturated carbocycles. The van der Waals surface area contributed by atoms with Gasteiger partial charge in [0.1, 0.15) is 0 Å². The summed E-state index contributed by atoms with van der Waals surface area (Å²) in [7, 11) is 0. The molecule has 5 nitrogen and oxygen atoms in total. The minimum absolute atomic E-state index is 0.256. The zero-order chi connectivity index (χ0) is 14.4. The van der Waals surface area contributed by atoms with Crippen molar-refractivity contribution in [2.24, 2.45) is 0 Å². The monoisotopic (exact) mass is 270 g/mol. The van der Waals surface area contributed by atoms with E-state index in [2.05, 4.69) is 10.3 Å². The predicted octanol–water partition coefficient (Wildman–Crippen LogP) is 2.51. The zero-order valence-electron chi connectivity index (χ0n) is 11.0. The molecule has 1 aromatic heterocycles. The van der Waals surface area contributed by atoms with Gasteiger partial charge in [0.15, 0.2) is 0 Å². The van der Waals surface area contributed by atoms with Crippen molar-refractivity contribution >= 4 is 17.6 Å². The van der Waals surface area contributed by atoms with Crippen LogP contribution in [-0.4, -0.2) is 23.5 Å². The number of carbonyl (C=O) groups is 2. The molecule has 0 aliphatic carbocycles. The van der Waals surface area contributed by atoms with E-state index in [9.17, 15) is 9.59 Å². The van der Waals surface area contributed by atoms with Gasteiger partial charge in [-0.3, -0.25) is 9.78 Å². The van der Waals surface area contributed by atoms with Gasteiger partial charge in [0.2, 0.25) is 0 Å². The molecular weight excluding hydrogens is 256 g/mol. The molecule has 2 aromatic rings. The van der Waals surface area contributed by atoms with E-state index in [0.717, 1.165) is 0 Å². The fourth-order valence-electron chi connectivity index (χ4n) is 1.64. The van der Waals surface area contributed by atoms with Gasteiger partial charge in [0.25, 0.3) is 5.91 Å². The van der Waals surface area contributed by atoms with Crippen molar-refractivity contribution in [2.75, 3.05) is 11.9 Å². The number of hydrogen-bond acceptors (Lipinski definition) is 4. The molecule has 0 bridgehead atoms. The van der Waals surface area contributed by atoms with Gasteiger partial charge in [-0.25, -0.2) is 4.79 Å². The molecule has 1 heterocycles. The summed E-state index contributed by atoms with van der Waals surface area (Å²) < 4.78 is 4.91. The maximum atomic E-state index is 12.0. The van der Waals surface area contributed by atoms with Gasteiger partial charge in [0, 0.05) is 23.6 Å². The molecule has 102 valence electrons. The summed E-state index contributed by atoms with van der Waals surface area (Å²) in [6.07, 6.45) is 3.09. The van der Waals surface area contributed by atoms with E-state index < -0.39 is 5.97 Å².